The summed E-state index contributed by atoms with van der Waals surface area (Å²) in [5, 5.41) is 3.40. The quantitative estimate of drug-likeness (QED) is 0.813. The van der Waals surface area contributed by atoms with E-state index >= 15 is 0 Å². The van der Waals surface area contributed by atoms with Crippen LogP contribution in [0.4, 0.5) is 5.69 Å². The highest BCUT2D eigenvalue weighted by Crippen LogP contribution is 2.29. The Labute approximate surface area is 132 Å². The summed E-state index contributed by atoms with van der Waals surface area (Å²) in [7, 11) is 0. The van der Waals surface area contributed by atoms with Crippen molar-refractivity contribution in [2.45, 2.75) is 19.4 Å². The molecule has 0 aliphatic heterocycles. The number of hydrogen-bond donors (Lipinski definition) is 2. The lowest BCUT2D eigenvalue weighted by atomic mass is 10.2. The first-order valence-corrected chi connectivity index (χ1v) is 7.77. The molecule has 0 spiro atoms. The van der Waals surface area contributed by atoms with E-state index in [1.807, 2.05) is 36.4 Å². The highest BCUT2D eigenvalue weighted by molar-refractivity contribution is 7.16. The van der Waals surface area contributed by atoms with Crippen LogP contribution in [0.3, 0.4) is 0 Å². The molecule has 0 saturated heterocycles. The van der Waals surface area contributed by atoms with Gasteiger partial charge in [-0.1, -0.05) is 11.6 Å². The van der Waals surface area contributed by atoms with Gasteiger partial charge in [-0.2, -0.15) is 0 Å². The second kappa shape index (κ2) is 7.33. The molecule has 0 bridgehead atoms. The summed E-state index contributed by atoms with van der Waals surface area (Å²) in [4.78, 5) is 11.8. The summed E-state index contributed by atoms with van der Waals surface area (Å²) in [5.74, 6) is 0.352. The maximum absolute atomic E-state index is 10.6. The number of amides is 1. The molecule has 1 unspecified atom stereocenters. The number of carbonyl (C=O) groups is 1. The number of hydrogen-bond acceptors (Lipinski definition) is 4. The van der Waals surface area contributed by atoms with Crippen LogP contribution in [0, 0.1) is 0 Å². The lowest BCUT2D eigenvalue weighted by molar-refractivity contribution is -0.118. The van der Waals surface area contributed by atoms with Gasteiger partial charge in [0, 0.05) is 10.6 Å². The zero-order valence-electron chi connectivity index (χ0n) is 11.6. The van der Waals surface area contributed by atoms with Gasteiger partial charge in [0.25, 0.3) is 0 Å². The van der Waals surface area contributed by atoms with Crippen LogP contribution in [0.25, 0.3) is 0 Å². The summed E-state index contributed by atoms with van der Waals surface area (Å²) in [6.07, 6.45) is 0.218. The standard InChI is InChI=1S/C15H17ClN2O2S/c1-10(13-6-7-14(16)21-13)18-11-2-4-12(5-3-11)20-9-8-15(17)19/h2-7,10,18H,8-9H2,1H3,(H2,17,19). The van der Waals surface area contributed by atoms with Crippen molar-refractivity contribution in [1.29, 1.82) is 0 Å². The molecule has 0 radical (unpaired) electrons. The average Bonchev–Trinajstić information content (AvgIpc) is 2.87. The molecule has 1 atom stereocenters. The van der Waals surface area contributed by atoms with Crippen LogP contribution in [-0.2, 0) is 4.79 Å². The summed E-state index contributed by atoms with van der Waals surface area (Å²) in [6.45, 7) is 2.38. The van der Waals surface area contributed by atoms with Crippen molar-refractivity contribution in [1.82, 2.24) is 0 Å². The van der Waals surface area contributed by atoms with E-state index in [2.05, 4.69) is 12.2 Å². The topological polar surface area (TPSA) is 64.3 Å². The third-order valence-corrected chi connectivity index (χ3v) is 4.29. The van der Waals surface area contributed by atoms with Crippen molar-refractivity contribution in [3.63, 3.8) is 0 Å². The monoisotopic (exact) mass is 324 g/mol. The number of halogens is 1. The Morgan fingerprint density at radius 3 is 2.62 bits per heavy atom. The molecule has 21 heavy (non-hydrogen) atoms. The van der Waals surface area contributed by atoms with Gasteiger partial charge in [-0.15, -0.1) is 11.3 Å². The molecule has 1 amide bonds. The van der Waals surface area contributed by atoms with Gasteiger partial charge in [0.2, 0.25) is 5.91 Å². The van der Waals surface area contributed by atoms with E-state index in [1.165, 1.54) is 4.88 Å². The van der Waals surface area contributed by atoms with Crippen LogP contribution in [0.5, 0.6) is 5.75 Å². The highest BCUT2D eigenvalue weighted by Gasteiger charge is 2.08. The molecular formula is C15H17ClN2O2S. The Balaban J connectivity index is 1.88. The van der Waals surface area contributed by atoms with Gasteiger partial charge in [0.05, 0.1) is 23.4 Å². The minimum atomic E-state index is -0.364. The number of nitrogens with two attached hydrogens (primary N) is 1. The first kappa shape index (κ1) is 15.7. The number of benzene rings is 1. The number of ether oxygens (including phenoxy) is 1. The second-order valence-electron chi connectivity index (χ2n) is 4.60. The first-order valence-electron chi connectivity index (χ1n) is 6.57. The molecular weight excluding hydrogens is 308 g/mol. The van der Waals surface area contributed by atoms with Crippen molar-refractivity contribution in [3.05, 3.63) is 45.6 Å². The molecule has 0 fully saturated rings. The van der Waals surface area contributed by atoms with Gasteiger partial charge in [0.15, 0.2) is 0 Å². The normalized spacial score (nSPS) is 11.9. The molecule has 3 N–H and O–H groups in total. The molecule has 0 saturated carbocycles. The summed E-state index contributed by atoms with van der Waals surface area (Å²) in [6, 6.07) is 11.7. The number of rotatable bonds is 7. The molecule has 0 aliphatic carbocycles. The van der Waals surface area contributed by atoms with E-state index in [0.717, 1.165) is 10.0 Å². The molecule has 2 rings (SSSR count). The van der Waals surface area contributed by atoms with E-state index in [9.17, 15) is 4.79 Å². The summed E-state index contributed by atoms with van der Waals surface area (Å²) >= 11 is 7.51. The number of carbonyl (C=O) groups excluding carboxylic acids is 1. The average molecular weight is 325 g/mol. The minimum absolute atomic E-state index is 0.184. The number of anilines is 1. The lowest BCUT2D eigenvalue weighted by Gasteiger charge is -2.14. The third-order valence-electron chi connectivity index (χ3n) is 2.88. The SMILES string of the molecule is CC(Nc1ccc(OCCC(N)=O)cc1)c1ccc(Cl)s1. The van der Waals surface area contributed by atoms with Gasteiger partial charge in [-0.05, 0) is 43.3 Å². The molecule has 1 aromatic carbocycles. The van der Waals surface area contributed by atoms with Crippen LogP contribution >= 0.6 is 22.9 Å². The Hall–Kier alpha value is -1.72. The van der Waals surface area contributed by atoms with Crippen LogP contribution in [0.15, 0.2) is 36.4 Å². The largest absolute Gasteiger partial charge is 0.493 e. The van der Waals surface area contributed by atoms with Crippen molar-refractivity contribution < 1.29 is 9.53 Å². The fourth-order valence-electron chi connectivity index (χ4n) is 1.80. The van der Waals surface area contributed by atoms with E-state index in [4.69, 9.17) is 22.1 Å². The van der Waals surface area contributed by atoms with E-state index in [1.54, 1.807) is 11.3 Å². The highest BCUT2D eigenvalue weighted by atomic mass is 35.5. The Morgan fingerprint density at radius 1 is 1.33 bits per heavy atom. The maximum atomic E-state index is 10.6. The minimum Gasteiger partial charge on any atom is -0.493 e. The Bertz CT molecular complexity index is 598. The number of thiophene rings is 1. The van der Waals surface area contributed by atoms with Gasteiger partial charge in [-0.25, -0.2) is 0 Å². The number of primary amides is 1. The summed E-state index contributed by atoms with van der Waals surface area (Å²) in [5.41, 5.74) is 6.05. The predicted molar refractivity (Wildman–Crippen MR) is 87.1 cm³/mol. The van der Waals surface area contributed by atoms with Crippen LogP contribution < -0.4 is 15.8 Å². The van der Waals surface area contributed by atoms with Gasteiger partial charge >= 0.3 is 0 Å². The first-order chi connectivity index (χ1) is 10.0. The molecule has 1 heterocycles. The fraction of sp³-hybridized carbons (Fsp3) is 0.267. The van der Waals surface area contributed by atoms with Crippen LogP contribution in [0.1, 0.15) is 24.3 Å². The molecule has 2 aromatic rings. The zero-order valence-corrected chi connectivity index (χ0v) is 13.2. The molecule has 112 valence electrons. The molecule has 4 nitrogen and oxygen atoms in total. The smallest absolute Gasteiger partial charge is 0.220 e. The Morgan fingerprint density at radius 2 is 2.05 bits per heavy atom. The van der Waals surface area contributed by atoms with Gasteiger partial charge in [-0.3, -0.25) is 4.79 Å². The van der Waals surface area contributed by atoms with Gasteiger partial charge < -0.3 is 15.8 Å². The summed E-state index contributed by atoms with van der Waals surface area (Å²) < 4.78 is 6.21. The second-order valence-corrected chi connectivity index (χ2v) is 6.34. The van der Waals surface area contributed by atoms with Crippen LogP contribution in [0.2, 0.25) is 4.34 Å². The van der Waals surface area contributed by atoms with E-state index in [-0.39, 0.29) is 18.4 Å². The predicted octanol–water partition coefficient (Wildman–Crippen LogP) is 3.83. The lowest BCUT2D eigenvalue weighted by Crippen LogP contribution is -2.14. The fourth-order valence-corrected chi connectivity index (χ4v) is 2.86. The van der Waals surface area contributed by atoms with Crippen molar-refractivity contribution in [3.8, 4) is 5.75 Å². The molecule has 1 aromatic heterocycles. The Kier molecular flexibility index (Phi) is 5.47. The van der Waals surface area contributed by atoms with E-state index < -0.39 is 0 Å². The zero-order chi connectivity index (χ0) is 15.2. The number of nitrogens with one attached hydrogen (secondary N) is 1. The van der Waals surface area contributed by atoms with Crippen LogP contribution in [-0.4, -0.2) is 12.5 Å². The maximum Gasteiger partial charge on any atom is 0.220 e. The van der Waals surface area contributed by atoms with Gasteiger partial charge in [0.1, 0.15) is 5.75 Å². The molecule has 6 heteroatoms. The van der Waals surface area contributed by atoms with Crippen molar-refractivity contribution in [2.24, 2.45) is 5.73 Å². The third kappa shape index (κ3) is 4.95. The van der Waals surface area contributed by atoms with Crippen molar-refractivity contribution >= 4 is 34.5 Å². The van der Waals surface area contributed by atoms with E-state index in [0.29, 0.717) is 12.4 Å². The molecule has 0 aliphatic rings. The van der Waals surface area contributed by atoms with Crippen molar-refractivity contribution in [2.75, 3.05) is 11.9 Å².